The number of sulfonamides is 1. The molecule has 0 aliphatic rings. The van der Waals surface area contributed by atoms with Gasteiger partial charge in [0.15, 0.2) is 0 Å². The molecule has 1 heterocycles. The number of rotatable bonds is 8. The van der Waals surface area contributed by atoms with Crippen LogP contribution in [0.4, 0.5) is 0 Å². The van der Waals surface area contributed by atoms with Gasteiger partial charge in [0.2, 0.25) is 10.0 Å². The van der Waals surface area contributed by atoms with Crippen LogP contribution < -0.4 is 5.73 Å². The fourth-order valence-corrected chi connectivity index (χ4v) is 3.49. The lowest BCUT2D eigenvalue weighted by atomic mass is 10.3. The van der Waals surface area contributed by atoms with Crippen molar-refractivity contribution in [2.45, 2.75) is 37.8 Å². The zero-order valence-corrected chi connectivity index (χ0v) is 12.5. The fraction of sp³-hybridized carbons (Fsp3) is 0.667. The maximum absolute atomic E-state index is 12.6. The molecule has 0 spiro atoms. The lowest BCUT2D eigenvalue weighted by Gasteiger charge is -2.26. The van der Waals surface area contributed by atoms with Gasteiger partial charge in [0.25, 0.3) is 0 Å². The standard InChI is InChI=1S/C12H23N3O3S/c1-4-10(2)15(5-6-18-3)19(16,17)12-7-11(8-13)14-9-12/h7,9-10,14H,4-6,8,13H2,1-3H3. The van der Waals surface area contributed by atoms with E-state index in [4.69, 9.17) is 10.5 Å². The molecule has 0 amide bonds. The second-order valence-corrected chi connectivity index (χ2v) is 6.32. The van der Waals surface area contributed by atoms with Gasteiger partial charge < -0.3 is 15.5 Å². The second-order valence-electron chi connectivity index (χ2n) is 4.43. The summed E-state index contributed by atoms with van der Waals surface area (Å²) in [6.07, 6.45) is 2.23. The molecule has 0 radical (unpaired) electrons. The van der Waals surface area contributed by atoms with Gasteiger partial charge in [-0.25, -0.2) is 8.42 Å². The number of H-pyrrole nitrogens is 1. The van der Waals surface area contributed by atoms with Crippen LogP contribution in [-0.4, -0.2) is 44.0 Å². The zero-order chi connectivity index (χ0) is 14.5. The van der Waals surface area contributed by atoms with E-state index in [1.807, 2.05) is 13.8 Å². The number of aromatic nitrogens is 1. The summed E-state index contributed by atoms with van der Waals surface area (Å²) >= 11 is 0. The van der Waals surface area contributed by atoms with Crippen molar-refractivity contribution in [1.29, 1.82) is 0 Å². The van der Waals surface area contributed by atoms with Crippen LogP contribution in [-0.2, 0) is 21.3 Å². The summed E-state index contributed by atoms with van der Waals surface area (Å²) in [5.41, 5.74) is 6.19. The molecule has 1 aromatic rings. The number of aromatic amines is 1. The molecule has 6 nitrogen and oxygen atoms in total. The number of hydrogen-bond donors (Lipinski definition) is 2. The molecule has 7 heteroatoms. The Balaban J connectivity index is 3.04. The zero-order valence-electron chi connectivity index (χ0n) is 11.7. The third kappa shape index (κ3) is 3.79. The molecule has 0 aromatic carbocycles. The monoisotopic (exact) mass is 289 g/mol. The van der Waals surface area contributed by atoms with Gasteiger partial charge in [-0.05, 0) is 19.4 Å². The Morgan fingerprint density at radius 2 is 2.21 bits per heavy atom. The molecule has 0 saturated carbocycles. The highest BCUT2D eigenvalue weighted by Gasteiger charge is 2.28. The van der Waals surface area contributed by atoms with E-state index < -0.39 is 10.0 Å². The first-order chi connectivity index (χ1) is 8.97. The van der Waals surface area contributed by atoms with Gasteiger partial charge in [-0.3, -0.25) is 0 Å². The number of nitrogens with one attached hydrogen (secondary N) is 1. The van der Waals surface area contributed by atoms with Crippen LogP contribution in [0.25, 0.3) is 0 Å². The molecule has 1 atom stereocenters. The van der Waals surface area contributed by atoms with Crippen molar-refractivity contribution in [3.8, 4) is 0 Å². The van der Waals surface area contributed by atoms with Crippen LogP contribution in [0.3, 0.4) is 0 Å². The van der Waals surface area contributed by atoms with Crippen molar-refractivity contribution in [2.24, 2.45) is 5.73 Å². The summed E-state index contributed by atoms with van der Waals surface area (Å²) < 4.78 is 31.6. The van der Waals surface area contributed by atoms with E-state index >= 15 is 0 Å². The van der Waals surface area contributed by atoms with Crippen LogP contribution in [0.1, 0.15) is 26.0 Å². The molecule has 0 saturated heterocycles. The van der Waals surface area contributed by atoms with Gasteiger partial charge in [0.05, 0.1) is 11.5 Å². The Bertz CT molecular complexity index is 484. The molecular formula is C12H23N3O3S. The van der Waals surface area contributed by atoms with E-state index in [1.54, 1.807) is 13.2 Å². The summed E-state index contributed by atoms with van der Waals surface area (Å²) in [5, 5.41) is 0. The molecule has 1 rings (SSSR count). The Hall–Kier alpha value is -0.890. The summed E-state index contributed by atoms with van der Waals surface area (Å²) in [6.45, 7) is 4.86. The Morgan fingerprint density at radius 3 is 2.68 bits per heavy atom. The third-order valence-corrected chi connectivity index (χ3v) is 5.13. The fourth-order valence-electron chi connectivity index (χ4n) is 1.78. The third-order valence-electron chi connectivity index (χ3n) is 3.14. The van der Waals surface area contributed by atoms with Crippen LogP contribution in [0, 0.1) is 0 Å². The lowest BCUT2D eigenvalue weighted by Crippen LogP contribution is -2.40. The molecule has 1 unspecified atom stereocenters. The van der Waals surface area contributed by atoms with Crippen LogP contribution >= 0.6 is 0 Å². The van der Waals surface area contributed by atoms with Gasteiger partial charge in [-0.2, -0.15) is 4.31 Å². The molecule has 0 aliphatic heterocycles. The van der Waals surface area contributed by atoms with E-state index in [1.165, 1.54) is 10.5 Å². The number of nitrogens with zero attached hydrogens (tertiary/aromatic N) is 1. The van der Waals surface area contributed by atoms with E-state index in [-0.39, 0.29) is 17.5 Å². The summed E-state index contributed by atoms with van der Waals surface area (Å²) in [5.74, 6) is 0. The van der Waals surface area contributed by atoms with Crippen LogP contribution in [0.15, 0.2) is 17.2 Å². The highest BCUT2D eigenvalue weighted by molar-refractivity contribution is 7.89. The van der Waals surface area contributed by atoms with E-state index in [0.29, 0.717) is 18.8 Å². The predicted molar refractivity (Wildman–Crippen MR) is 74.2 cm³/mol. The van der Waals surface area contributed by atoms with Gasteiger partial charge in [0.1, 0.15) is 0 Å². The molecule has 19 heavy (non-hydrogen) atoms. The lowest BCUT2D eigenvalue weighted by molar-refractivity contribution is 0.167. The molecule has 0 fully saturated rings. The highest BCUT2D eigenvalue weighted by atomic mass is 32.2. The van der Waals surface area contributed by atoms with Gasteiger partial charge >= 0.3 is 0 Å². The number of hydrogen-bond acceptors (Lipinski definition) is 4. The molecule has 1 aromatic heterocycles. The maximum Gasteiger partial charge on any atom is 0.244 e. The van der Waals surface area contributed by atoms with Gasteiger partial charge in [0, 0.05) is 38.1 Å². The number of methoxy groups -OCH3 is 1. The van der Waals surface area contributed by atoms with Gasteiger partial charge in [-0.15, -0.1) is 0 Å². The number of ether oxygens (including phenoxy) is 1. The normalized spacial score (nSPS) is 13.9. The quantitative estimate of drug-likeness (QED) is 0.744. The maximum atomic E-state index is 12.6. The first-order valence-electron chi connectivity index (χ1n) is 6.35. The van der Waals surface area contributed by atoms with Crippen LogP contribution in [0.2, 0.25) is 0 Å². The molecule has 0 bridgehead atoms. The van der Waals surface area contributed by atoms with Gasteiger partial charge in [-0.1, -0.05) is 6.92 Å². The van der Waals surface area contributed by atoms with E-state index in [9.17, 15) is 8.42 Å². The van der Waals surface area contributed by atoms with E-state index in [0.717, 1.165) is 6.42 Å². The number of nitrogens with two attached hydrogens (primary N) is 1. The minimum atomic E-state index is -3.51. The SMILES string of the molecule is CCC(C)N(CCOC)S(=O)(=O)c1c[nH]c(CN)c1. The molecule has 110 valence electrons. The molecule has 3 N–H and O–H groups in total. The van der Waals surface area contributed by atoms with Crippen molar-refractivity contribution in [2.75, 3.05) is 20.3 Å². The van der Waals surface area contributed by atoms with Crippen molar-refractivity contribution in [3.05, 3.63) is 18.0 Å². The van der Waals surface area contributed by atoms with E-state index in [2.05, 4.69) is 4.98 Å². The largest absolute Gasteiger partial charge is 0.383 e. The molecule has 0 aliphatic carbocycles. The minimum absolute atomic E-state index is 0.0728. The summed E-state index contributed by atoms with van der Waals surface area (Å²) in [4.78, 5) is 3.12. The molecular weight excluding hydrogens is 266 g/mol. The topological polar surface area (TPSA) is 88.4 Å². The highest BCUT2D eigenvalue weighted by Crippen LogP contribution is 2.20. The van der Waals surface area contributed by atoms with Crippen molar-refractivity contribution in [1.82, 2.24) is 9.29 Å². The first kappa shape index (κ1) is 16.2. The average Bonchev–Trinajstić information content (AvgIpc) is 2.88. The Kier molecular flexibility index (Phi) is 5.99. The van der Waals surface area contributed by atoms with Crippen molar-refractivity contribution >= 4 is 10.0 Å². The van der Waals surface area contributed by atoms with Crippen molar-refractivity contribution < 1.29 is 13.2 Å². The minimum Gasteiger partial charge on any atom is -0.383 e. The summed E-state index contributed by atoms with van der Waals surface area (Å²) in [6, 6.07) is 1.51. The average molecular weight is 289 g/mol. The second kappa shape index (κ2) is 7.04. The Morgan fingerprint density at radius 1 is 1.53 bits per heavy atom. The first-order valence-corrected chi connectivity index (χ1v) is 7.79. The van der Waals surface area contributed by atoms with Crippen LogP contribution in [0.5, 0.6) is 0 Å². The van der Waals surface area contributed by atoms with Crippen molar-refractivity contribution in [3.63, 3.8) is 0 Å². The predicted octanol–water partition coefficient (Wildman–Crippen LogP) is 0.909. The smallest absolute Gasteiger partial charge is 0.244 e. The summed E-state index contributed by atoms with van der Waals surface area (Å²) in [7, 11) is -1.95. The Labute approximate surface area is 115 Å².